The summed E-state index contributed by atoms with van der Waals surface area (Å²) < 4.78 is 7.52. The van der Waals surface area contributed by atoms with Crippen molar-refractivity contribution in [3.8, 4) is 11.3 Å². The van der Waals surface area contributed by atoms with Crippen molar-refractivity contribution in [2.75, 3.05) is 29.9 Å². The first-order chi connectivity index (χ1) is 20.2. The first kappa shape index (κ1) is 26.3. The number of hydrogen-bond acceptors (Lipinski definition) is 10. The SMILES string of the molecule is Cn1ccc2c(-c3ncc(Nc4cncc(N5CC[C@H]6CNC[C@H]65)n4)c4c3CN(C(=O)OC(C)(C)C)C4=O)ccnc21. The van der Waals surface area contributed by atoms with Gasteiger partial charge in [-0.1, -0.05) is 0 Å². The molecule has 0 bridgehead atoms. The van der Waals surface area contributed by atoms with Crippen LogP contribution in [-0.4, -0.2) is 72.7 Å². The number of aryl methyl sites for hydroxylation is 1. The molecule has 216 valence electrons. The molecule has 2 fully saturated rings. The smallest absolute Gasteiger partial charge is 0.417 e. The maximum absolute atomic E-state index is 13.9. The maximum Gasteiger partial charge on any atom is 0.417 e. The molecule has 3 aliphatic heterocycles. The van der Waals surface area contributed by atoms with Crippen molar-refractivity contribution < 1.29 is 14.3 Å². The summed E-state index contributed by atoms with van der Waals surface area (Å²) in [4.78, 5) is 49.1. The van der Waals surface area contributed by atoms with E-state index in [1.54, 1.807) is 45.6 Å². The Morgan fingerprint density at radius 1 is 1.14 bits per heavy atom. The Labute approximate surface area is 243 Å². The highest BCUT2D eigenvalue weighted by Gasteiger charge is 2.40. The summed E-state index contributed by atoms with van der Waals surface area (Å²) in [5, 5.41) is 7.67. The number of pyridine rings is 2. The van der Waals surface area contributed by atoms with Gasteiger partial charge in [-0.05, 0) is 45.2 Å². The third-order valence-electron chi connectivity index (χ3n) is 8.22. The molecule has 42 heavy (non-hydrogen) atoms. The summed E-state index contributed by atoms with van der Waals surface area (Å²) in [5.74, 6) is 1.45. The lowest BCUT2D eigenvalue weighted by Crippen LogP contribution is -2.37. The highest BCUT2D eigenvalue weighted by Crippen LogP contribution is 2.39. The number of nitrogens with one attached hydrogen (secondary N) is 2. The molecule has 4 aromatic heterocycles. The first-order valence-corrected chi connectivity index (χ1v) is 14.2. The number of rotatable bonds is 4. The van der Waals surface area contributed by atoms with Crippen LogP contribution in [0.25, 0.3) is 22.3 Å². The number of nitrogens with zero attached hydrogens (tertiary/aromatic N) is 7. The molecule has 4 aromatic rings. The number of ether oxygens (including phenoxy) is 1. The molecule has 2 atom stereocenters. The van der Waals surface area contributed by atoms with Crippen molar-refractivity contribution in [3.05, 3.63) is 54.2 Å². The fourth-order valence-corrected chi connectivity index (χ4v) is 6.30. The van der Waals surface area contributed by atoms with E-state index in [0.29, 0.717) is 40.3 Å². The second kappa shape index (κ2) is 9.76. The van der Waals surface area contributed by atoms with Crippen LogP contribution in [0.15, 0.2) is 43.1 Å². The van der Waals surface area contributed by atoms with E-state index >= 15 is 0 Å². The van der Waals surface area contributed by atoms with E-state index in [-0.39, 0.29) is 6.54 Å². The number of carbonyl (C=O) groups excluding carboxylic acids is 2. The normalized spacial score (nSPS) is 19.9. The number of imide groups is 1. The van der Waals surface area contributed by atoms with Crippen LogP contribution >= 0.6 is 0 Å². The Bertz CT molecular complexity index is 1730. The van der Waals surface area contributed by atoms with Crippen LogP contribution in [0, 0.1) is 5.92 Å². The Balaban J connectivity index is 1.28. The van der Waals surface area contributed by atoms with Crippen molar-refractivity contribution in [3.63, 3.8) is 0 Å². The summed E-state index contributed by atoms with van der Waals surface area (Å²) >= 11 is 0. The van der Waals surface area contributed by atoms with Crippen LogP contribution in [0.5, 0.6) is 0 Å². The minimum Gasteiger partial charge on any atom is -0.443 e. The molecule has 7 heterocycles. The van der Waals surface area contributed by atoms with Gasteiger partial charge in [-0.25, -0.2) is 19.7 Å². The number of anilines is 3. The van der Waals surface area contributed by atoms with Crippen molar-refractivity contribution in [2.24, 2.45) is 13.0 Å². The molecule has 0 aromatic carbocycles. The summed E-state index contributed by atoms with van der Waals surface area (Å²) in [6.07, 6.45) is 9.12. The molecule has 2 N–H and O–H groups in total. The molecule has 0 spiro atoms. The molecule has 12 heteroatoms. The zero-order valence-electron chi connectivity index (χ0n) is 24.1. The molecular formula is C30H33N9O3. The van der Waals surface area contributed by atoms with E-state index in [1.807, 2.05) is 29.9 Å². The summed E-state index contributed by atoms with van der Waals surface area (Å²) in [6.45, 7) is 8.26. The van der Waals surface area contributed by atoms with Gasteiger partial charge in [-0.15, -0.1) is 0 Å². The van der Waals surface area contributed by atoms with Gasteiger partial charge in [0.05, 0.1) is 42.1 Å². The zero-order valence-corrected chi connectivity index (χ0v) is 24.1. The molecule has 2 saturated heterocycles. The van der Waals surface area contributed by atoms with Crippen LogP contribution in [0.1, 0.15) is 43.1 Å². The average Bonchev–Trinajstić information content (AvgIpc) is 3.72. The Hall–Kier alpha value is -4.58. The van der Waals surface area contributed by atoms with Gasteiger partial charge in [0.2, 0.25) is 0 Å². The summed E-state index contributed by atoms with van der Waals surface area (Å²) in [7, 11) is 1.93. The van der Waals surface area contributed by atoms with Gasteiger partial charge in [-0.2, -0.15) is 0 Å². The fourth-order valence-electron chi connectivity index (χ4n) is 6.30. The highest BCUT2D eigenvalue weighted by molar-refractivity contribution is 6.12. The first-order valence-electron chi connectivity index (χ1n) is 14.2. The number of hydrogen-bond donors (Lipinski definition) is 2. The van der Waals surface area contributed by atoms with Crippen molar-refractivity contribution in [1.29, 1.82) is 0 Å². The van der Waals surface area contributed by atoms with Crippen LogP contribution in [-0.2, 0) is 18.3 Å². The highest BCUT2D eigenvalue weighted by atomic mass is 16.6. The van der Waals surface area contributed by atoms with Gasteiger partial charge in [0.1, 0.15) is 17.1 Å². The second-order valence-corrected chi connectivity index (χ2v) is 12.1. The number of amides is 2. The minimum absolute atomic E-state index is 0.0349. The van der Waals surface area contributed by atoms with Crippen LogP contribution in [0.3, 0.4) is 0 Å². The predicted octanol–water partition coefficient (Wildman–Crippen LogP) is 3.86. The third-order valence-corrected chi connectivity index (χ3v) is 8.22. The van der Waals surface area contributed by atoms with E-state index in [2.05, 4.69) is 25.5 Å². The Kier molecular flexibility index (Phi) is 6.12. The quantitative estimate of drug-likeness (QED) is 0.375. The maximum atomic E-state index is 13.9. The Morgan fingerprint density at radius 3 is 2.83 bits per heavy atom. The fraction of sp³-hybridized carbons (Fsp3) is 0.400. The lowest BCUT2D eigenvalue weighted by Gasteiger charge is -2.24. The van der Waals surface area contributed by atoms with E-state index in [1.165, 1.54) is 0 Å². The monoisotopic (exact) mass is 567 g/mol. The summed E-state index contributed by atoms with van der Waals surface area (Å²) in [5.41, 5.74) is 2.94. The van der Waals surface area contributed by atoms with Gasteiger partial charge in [-0.3, -0.25) is 14.8 Å². The molecule has 0 aliphatic carbocycles. The van der Waals surface area contributed by atoms with Gasteiger partial charge < -0.3 is 24.8 Å². The van der Waals surface area contributed by atoms with E-state index in [0.717, 1.165) is 53.4 Å². The number of fused-ring (bicyclic) bond motifs is 3. The number of aromatic nitrogens is 5. The van der Waals surface area contributed by atoms with Crippen LogP contribution in [0.4, 0.5) is 22.1 Å². The molecule has 3 aliphatic rings. The molecular weight excluding hydrogens is 534 g/mol. The standard InChI is InChI=1S/C30H33N9O3/c1-30(2,3)42-29(41)39-16-20-25(28(39)40)21(12-34-26(20)18-5-8-33-27-19(18)7-9-37(27)4)35-23-14-32-15-24(36-23)38-10-6-17-11-31-13-22(17)38/h5,7-9,12,14-15,17,22,31H,6,10-11,13,16H2,1-4H3,(H,35,36)/t17-,22+/m0/s1. The lowest BCUT2D eigenvalue weighted by atomic mass is 10.0. The second-order valence-electron chi connectivity index (χ2n) is 12.1. The van der Waals surface area contributed by atoms with Gasteiger partial charge in [0, 0.05) is 61.6 Å². The Morgan fingerprint density at radius 2 is 2.00 bits per heavy atom. The van der Waals surface area contributed by atoms with E-state index < -0.39 is 17.6 Å². The van der Waals surface area contributed by atoms with Gasteiger partial charge in [0.15, 0.2) is 5.82 Å². The largest absolute Gasteiger partial charge is 0.443 e. The molecule has 0 saturated carbocycles. The molecule has 0 radical (unpaired) electrons. The molecule has 7 rings (SSSR count). The van der Waals surface area contributed by atoms with Gasteiger partial charge >= 0.3 is 6.09 Å². The molecule has 2 amide bonds. The zero-order chi connectivity index (χ0) is 29.2. The van der Waals surface area contributed by atoms with Gasteiger partial charge in [0.25, 0.3) is 5.91 Å². The molecule has 12 nitrogen and oxygen atoms in total. The van der Waals surface area contributed by atoms with Crippen LogP contribution < -0.4 is 15.5 Å². The van der Waals surface area contributed by atoms with Crippen molar-refractivity contribution >= 4 is 40.4 Å². The van der Waals surface area contributed by atoms with E-state index in [9.17, 15) is 9.59 Å². The van der Waals surface area contributed by atoms with Crippen LogP contribution in [0.2, 0.25) is 0 Å². The minimum atomic E-state index is -0.755. The van der Waals surface area contributed by atoms with Crippen molar-refractivity contribution in [1.82, 2.24) is 34.7 Å². The van der Waals surface area contributed by atoms with Crippen molar-refractivity contribution in [2.45, 2.75) is 45.4 Å². The van der Waals surface area contributed by atoms with E-state index in [4.69, 9.17) is 14.7 Å². The summed E-state index contributed by atoms with van der Waals surface area (Å²) in [6, 6.07) is 4.26. The topological polar surface area (TPSA) is 130 Å². The number of carbonyl (C=O) groups is 2. The molecule has 0 unspecified atom stereocenters. The average molecular weight is 568 g/mol. The third kappa shape index (κ3) is 4.42. The lowest BCUT2D eigenvalue weighted by molar-refractivity contribution is 0.0248. The predicted molar refractivity (Wildman–Crippen MR) is 157 cm³/mol.